The van der Waals surface area contributed by atoms with E-state index < -0.39 is 43.3 Å². The van der Waals surface area contributed by atoms with Gasteiger partial charge in [0.2, 0.25) is 10.0 Å². The van der Waals surface area contributed by atoms with Gasteiger partial charge in [-0.15, -0.1) is 12.4 Å². The van der Waals surface area contributed by atoms with Crippen molar-refractivity contribution in [2.75, 3.05) is 6.54 Å². The Morgan fingerprint density at radius 1 is 1.41 bits per heavy atom. The molecule has 0 radical (unpaired) electrons. The van der Waals surface area contributed by atoms with E-state index in [9.17, 15) is 31.7 Å². The highest BCUT2D eigenvalue weighted by atomic mass is 35.5. The summed E-state index contributed by atoms with van der Waals surface area (Å²) in [5.41, 5.74) is 2.75. The van der Waals surface area contributed by atoms with Crippen LogP contribution in [0.5, 0.6) is 0 Å². The van der Waals surface area contributed by atoms with Crippen LogP contribution in [0.4, 0.5) is 18.9 Å². The number of alkyl halides is 3. The fourth-order valence-electron chi connectivity index (χ4n) is 1.46. The number of nitrogens with zero attached hydrogens (tertiary/aromatic N) is 1. The van der Waals surface area contributed by atoms with Gasteiger partial charge in [-0.25, -0.2) is 13.1 Å². The van der Waals surface area contributed by atoms with Gasteiger partial charge in [-0.1, -0.05) is 0 Å². The van der Waals surface area contributed by atoms with E-state index in [-0.39, 0.29) is 25.0 Å². The van der Waals surface area contributed by atoms with Crippen LogP contribution < -0.4 is 10.5 Å². The van der Waals surface area contributed by atoms with Crippen LogP contribution in [0, 0.1) is 10.1 Å². The van der Waals surface area contributed by atoms with E-state index in [4.69, 9.17) is 5.73 Å². The Balaban J connectivity index is 0.00000441. The molecule has 1 rings (SSSR count). The molecule has 1 atom stereocenters. The molecule has 0 saturated carbocycles. The quantitative estimate of drug-likeness (QED) is 0.609. The van der Waals surface area contributed by atoms with Crippen molar-refractivity contribution in [3.63, 3.8) is 0 Å². The Morgan fingerprint density at radius 2 is 1.95 bits per heavy atom. The van der Waals surface area contributed by atoms with Gasteiger partial charge in [0.05, 0.1) is 15.4 Å². The van der Waals surface area contributed by atoms with Crippen LogP contribution in [0.3, 0.4) is 0 Å². The minimum atomic E-state index is -5.05. The van der Waals surface area contributed by atoms with Crippen molar-refractivity contribution in [2.45, 2.75) is 24.0 Å². The van der Waals surface area contributed by atoms with E-state index in [1.807, 2.05) is 4.72 Å². The van der Waals surface area contributed by atoms with Crippen LogP contribution in [-0.2, 0) is 16.2 Å². The minimum Gasteiger partial charge on any atom is -0.329 e. The molecule has 22 heavy (non-hydrogen) atoms. The van der Waals surface area contributed by atoms with E-state index in [0.717, 1.165) is 0 Å². The van der Waals surface area contributed by atoms with Crippen LogP contribution >= 0.6 is 12.4 Å². The van der Waals surface area contributed by atoms with Crippen LogP contribution in [-0.4, -0.2) is 25.9 Å². The maximum absolute atomic E-state index is 12.9. The molecule has 1 aromatic rings. The lowest BCUT2D eigenvalue weighted by molar-refractivity contribution is -0.385. The van der Waals surface area contributed by atoms with Crippen LogP contribution in [0.1, 0.15) is 12.5 Å². The molecular weight excluding hydrogens is 351 g/mol. The Kier molecular flexibility index (Phi) is 6.75. The predicted molar refractivity (Wildman–Crippen MR) is 74.2 cm³/mol. The Morgan fingerprint density at radius 3 is 2.36 bits per heavy atom. The lowest BCUT2D eigenvalue weighted by Gasteiger charge is -2.16. The van der Waals surface area contributed by atoms with Crippen molar-refractivity contribution in [1.29, 1.82) is 0 Å². The van der Waals surface area contributed by atoms with Gasteiger partial charge in [0.1, 0.15) is 0 Å². The Labute approximate surface area is 130 Å². The molecule has 0 amide bonds. The molecule has 0 aromatic heterocycles. The van der Waals surface area contributed by atoms with Gasteiger partial charge < -0.3 is 5.73 Å². The zero-order valence-corrected chi connectivity index (χ0v) is 12.8. The average Bonchev–Trinajstić information content (AvgIpc) is 2.36. The monoisotopic (exact) mass is 363 g/mol. The van der Waals surface area contributed by atoms with Crippen molar-refractivity contribution in [3.05, 3.63) is 33.9 Å². The Hall–Kier alpha value is -1.43. The number of sulfonamides is 1. The molecule has 12 heteroatoms. The summed E-state index contributed by atoms with van der Waals surface area (Å²) in [6.45, 7) is 1.25. The molecular formula is C10H13ClF3N3O4S. The highest BCUT2D eigenvalue weighted by Gasteiger charge is 2.39. The molecule has 0 fully saturated rings. The van der Waals surface area contributed by atoms with Gasteiger partial charge in [-0.3, -0.25) is 10.1 Å². The van der Waals surface area contributed by atoms with Gasteiger partial charge in [0, 0.05) is 24.7 Å². The van der Waals surface area contributed by atoms with E-state index in [1.54, 1.807) is 0 Å². The van der Waals surface area contributed by atoms with Crippen LogP contribution in [0.25, 0.3) is 0 Å². The molecule has 7 nitrogen and oxygen atoms in total. The maximum Gasteiger partial charge on any atom is 0.417 e. The lowest BCUT2D eigenvalue weighted by Crippen LogP contribution is -2.38. The summed E-state index contributed by atoms with van der Waals surface area (Å²) in [5, 5.41) is 10.5. The van der Waals surface area contributed by atoms with Gasteiger partial charge in [-0.05, 0) is 13.0 Å². The van der Waals surface area contributed by atoms with Crippen LogP contribution in [0.2, 0.25) is 0 Å². The molecule has 0 aliphatic carbocycles. The fraction of sp³-hybridized carbons (Fsp3) is 0.400. The number of hydrogen-bond acceptors (Lipinski definition) is 5. The molecule has 3 N–H and O–H groups in total. The number of nitrogens with two attached hydrogens (primary N) is 1. The minimum absolute atomic E-state index is 0. The topological polar surface area (TPSA) is 115 Å². The van der Waals surface area contributed by atoms with Gasteiger partial charge in [0.25, 0.3) is 5.69 Å². The first kappa shape index (κ1) is 20.6. The zero-order chi connectivity index (χ0) is 16.4. The first-order valence-electron chi connectivity index (χ1n) is 5.57. The highest BCUT2D eigenvalue weighted by molar-refractivity contribution is 7.89. The molecule has 1 aromatic carbocycles. The smallest absolute Gasteiger partial charge is 0.329 e. The second-order valence-corrected chi connectivity index (χ2v) is 5.88. The summed E-state index contributed by atoms with van der Waals surface area (Å²) in [7, 11) is -4.50. The third-order valence-electron chi connectivity index (χ3n) is 2.48. The summed E-state index contributed by atoms with van der Waals surface area (Å²) < 4.78 is 64.5. The van der Waals surface area contributed by atoms with Crippen molar-refractivity contribution < 1.29 is 26.5 Å². The molecule has 0 aliphatic heterocycles. The summed E-state index contributed by atoms with van der Waals surface area (Å²) in [6, 6.07) is 0.636. The van der Waals surface area contributed by atoms with E-state index >= 15 is 0 Å². The standard InChI is InChI=1S/C10H12F3N3O4S.ClH/c1-6(5-14)15-21(19,20)9-3-2-7(16(17)18)4-8(9)10(11,12)13;/h2-4,6,15H,5,14H2,1H3;1H/t6-;/m0./s1. The number of halogens is 4. The molecule has 0 spiro atoms. The second-order valence-electron chi connectivity index (χ2n) is 4.19. The van der Waals surface area contributed by atoms with E-state index in [2.05, 4.69) is 0 Å². The molecule has 0 saturated heterocycles. The fourth-order valence-corrected chi connectivity index (χ4v) is 2.93. The number of benzene rings is 1. The summed E-state index contributed by atoms with van der Waals surface area (Å²) in [6.07, 6.45) is -5.05. The zero-order valence-electron chi connectivity index (χ0n) is 11.1. The third-order valence-corrected chi connectivity index (χ3v) is 4.13. The number of hydrogen-bond donors (Lipinski definition) is 2. The normalized spacial score (nSPS) is 13.3. The second kappa shape index (κ2) is 7.22. The molecule has 0 heterocycles. The first-order chi connectivity index (χ1) is 9.49. The molecule has 0 bridgehead atoms. The number of rotatable bonds is 5. The molecule has 0 aliphatic rings. The van der Waals surface area contributed by atoms with E-state index in [1.165, 1.54) is 6.92 Å². The van der Waals surface area contributed by atoms with Crippen molar-refractivity contribution >= 4 is 28.1 Å². The molecule has 126 valence electrons. The predicted octanol–water partition coefficient (Wildman–Crippen LogP) is 1.66. The highest BCUT2D eigenvalue weighted by Crippen LogP contribution is 2.36. The van der Waals surface area contributed by atoms with Gasteiger partial charge in [-0.2, -0.15) is 13.2 Å². The largest absolute Gasteiger partial charge is 0.417 e. The summed E-state index contributed by atoms with van der Waals surface area (Å²) in [4.78, 5) is 8.40. The lowest BCUT2D eigenvalue weighted by atomic mass is 10.2. The summed E-state index contributed by atoms with van der Waals surface area (Å²) in [5.74, 6) is 0. The first-order valence-corrected chi connectivity index (χ1v) is 7.05. The number of nitrogens with one attached hydrogen (secondary N) is 1. The Bertz CT molecular complexity index is 651. The maximum atomic E-state index is 12.9. The number of non-ortho nitro benzene ring substituents is 1. The van der Waals surface area contributed by atoms with Gasteiger partial charge in [0.15, 0.2) is 0 Å². The third kappa shape index (κ3) is 4.80. The SMILES string of the molecule is C[C@@H](CN)NS(=O)(=O)c1ccc([N+](=O)[O-])cc1C(F)(F)F.Cl. The summed E-state index contributed by atoms with van der Waals surface area (Å²) >= 11 is 0. The van der Waals surface area contributed by atoms with Crippen molar-refractivity contribution in [2.24, 2.45) is 5.73 Å². The molecule has 0 unspecified atom stereocenters. The van der Waals surface area contributed by atoms with Crippen molar-refractivity contribution in [1.82, 2.24) is 4.72 Å². The van der Waals surface area contributed by atoms with Gasteiger partial charge >= 0.3 is 6.18 Å². The van der Waals surface area contributed by atoms with Crippen molar-refractivity contribution in [3.8, 4) is 0 Å². The van der Waals surface area contributed by atoms with E-state index in [0.29, 0.717) is 12.1 Å². The van der Waals surface area contributed by atoms with Crippen LogP contribution in [0.15, 0.2) is 23.1 Å². The average molecular weight is 364 g/mol. The number of nitro benzene ring substituents is 1. The number of nitro groups is 1.